The summed E-state index contributed by atoms with van der Waals surface area (Å²) >= 11 is 0. The minimum absolute atomic E-state index is 0.130. The molecule has 1 aromatic rings. The first-order valence-electron chi connectivity index (χ1n) is 7.39. The smallest absolute Gasteiger partial charge is 0.401 e. The van der Waals surface area contributed by atoms with Gasteiger partial charge in [0.05, 0.1) is 17.8 Å². The van der Waals surface area contributed by atoms with Crippen molar-refractivity contribution in [3.8, 4) is 0 Å². The van der Waals surface area contributed by atoms with Gasteiger partial charge in [0.1, 0.15) is 0 Å². The van der Waals surface area contributed by atoms with Crippen molar-refractivity contribution in [3.63, 3.8) is 0 Å². The topological polar surface area (TPSA) is 56.7 Å². The van der Waals surface area contributed by atoms with Gasteiger partial charge in [-0.15, -0.1) is 0 Å². The molecule has 1 aliphatic rings. The summed E-state index contributed by atoms with van der Waals surface area (Å²) < 4.78 is 37.9. The van der Waals surface area contributed by atoms with Crippen LogP contribution in [0.25, 0.3) is 0 Å². The van der Waals surface area contributed by atoms with Crippen molar-refractivity contribution >= 4 is 5.97 Å². The number of halogens is 3. The number of aromatic nitrogens is 1. The summed E-state index contributed by atoms with van der Waals surface area (Å²) in [6.45, 7) is 3.78. The molecular weight excluding hydrogens is 311 g/mol. The molecule has 0 amide bonds. The zero-order valence-corrected chi connectivity index (χ0v) is 13.0. The van der Waals surface area contributed by atoms with Gasteiger partial charge in [-0.3, -0.25) is 14.8 Å². The summed E-state index contributed by atoms with van der Waals surface area (Å²) in [6.07, 6.45) is -2.70. The van der Waals surface area contributed by atoms with Gasteiger partial charge in [0, 0.05) is 37.9 Å². The number of carboxylic acids is 1. The van der Waals surface area contributed by atoms with Gasteiger partial charge in [0.15, 0.2) is 0 Å². The van der Waals surface area contributed by atoms with Gasteiger partial charge in [0.2, 0.25) is 0 Å². The summed E-state index contributed by atoms with van der Waals surface area (Å²) in [6, 6.07) is 2.51. The lowest BCUT2D eigenvalue weighted by atomic mass is 10.1. The second-order valence-electron chi connectivity index (χ2n) is 5.98. The number of nitrogens with zero attached hydrogens (tertiary/aromatic N) is 3. The largest absolute Gasteiger partial charge is 0.478 e. The van der Waals surface area contributed by atoms with E-state index in [0.717, 1.165) is 0 Å². The van der Waals surface area contributed by atoms with Crippen molar-refractivity contribution < 1.29 is 23.1 Å². The Balaban J connectivity index is 2.06. The zero-order chi connectivity index (χ0) is 17.2. The highest BCUT2D eigenvalue weighted by atomic mass is 19.4. The number of aromatic carboxylic acids is 1. The average Bonchev–Trinajstić information content (AvgIpc) is 2.42. The fraction of sp³-hybridized carbons (Fsp3) is 0.600. The SMILES string of the molecule is C[C@@H]1CN(Cc2ncccc2C(=O)O)C[C@H](C)N1CC(F)(F)F. The highest BCUT2D eigenvalue weighted by Gasteiger charge is 2.38. The molecule has 0 bridgehead atoms. The van der Waals surface area contributed by atoms with E-state index < -0.39 is 18.7 Å². The van der Waals surface area contributed by atoms with Crippen molar-refractivity contribution in [1.82, 2.24) is 14.8 Å². The molecule has 2 heterocycles. The number of pyridine rings is 1. The van der Waals surface area contributed by atoms with Gasteiger partial charge in [0.25, 0.3) is 0 Å². The third-order valence-corrected chi connectivity index (χ3v) is 4.03. The molecule has 1 N–H and O–H groups in total. The van der Waals surface area contributed by atoms with Gasteiger partial charge < -0.3 is 5.11 Å². The van der Waals surface area contributed by atoms with E-state index in [1.165, 1.54) is 17.2 Å². The molecule has 0 unspecified atom stereocenters. The Bertz CT molecular complexity index is 553. The van der Waals surface area contributed by atoms with Gasteiger partial charge in [-0.1, -0.05) is 0 Å². The lowest BCUT2D eigenvalue weighted by Crippen LogP contribution is -2.58. The third kappa shape index (κ3) is 4.65. The molecule has 1 saturated heterocycles. The number of carboxylic acid groups (broad SMARTS) is 1. The van der Waals surface area contributed by atoms with E-state index in [1.807, 2.05) is 4.90 Å². The number of rotatable bonds is 4. The molecule has 2 atom stereocenters. The Morgan fingerprint density at radius 2 is 1.96 bits per heavy atom. The van der Waals surface area contributed by atoms with Crippen LogP contribution in [0.1, 0.15) is 29.9 Å². The molecule has 0 aliphatic carbocycles. The minimum atomic E-state index is -4.22. The van der Waals surface area contributed by atoms with Crippen LogP contribution in [0, 0.1) is 0 Å². The van der Waals surface area contributed by atoms with Crippen LogP contribution in [0.2, 0.25) is 0 Å². The Hall–Kier alpha value is -1.67. The molecule has 0 radical (unpaired) electrons. The molecule has 0 spiro atoms. The average molecular weight is 331 g/mol. The molecule has 8 heteroatoms. The van der Waals surface area contributed by atoms with E-state index in [1.54, 1.807) is 19.9 Å². The first-order chi connectivity index (χ1) is 10.7. The normalized spacial score (nSPS) is 23.9. The Labute approximate surface area is 132 Å². The van der Waals surface area contributed by atoms with Crippen LogP contribution in [-0.4, -0.2) is 63.8 Å². The molecule has 128 valence electrons. The van der Waals surface area contributed by atoms with Crippen molar-refractivity contribution in [2.75, 3.05) is 19.6 Å². The quantitative estimate of drug-likeness (QED) is 0.917. The number of hydrogen-bond acceptors (Lipinski definition) is 4. The molecule has 23 heavy (non-hydrogen) atoms. The van der Waals surface area contributed by atoms with Crippen molar-refractivity contribution in [1.29, 1.82) is 0 Å². The van der Waals surface area contributed by atoms with Crippen molar-refractivity contribution in [3.05, 3.63) is 29.6 Å². The maximum absolute atomic E-state index is 12.6. The highest BCUT2D eigenvalue weighted by Crippen LogP contribution is 2.24. The Kier molecular flexibility index (Phi) is 5.26. The first-order valence-corrected chi connectivity index (χ1v) is 7.39. The fourth-order valence-electron chi connectivity index (χ4n) is 3.08. The first kappa shape index (κ1) is 17.7. The zero-order valence-electron chi connectivity index (χ0n) is 13.0. The predicted molar refractivity (Wildman–Crippen MR) is 78.2 cm³/mol. The van der Waals surface area contributed by atoms with Gasteiger partial charge in [-0.2, -0.15) is 13.2 Å². The van der Waals surface area contributed by atoms with E-state index in [4.69, 9.17) is 0 Å². The van der Waals surface area contributed by atoms with E-state index in [9.17, 15) is 23.1 Å². The van der Waals surface area contributed by atoms with Crippen LogP contribution in [0.3, 0.4) is 0 Å². The van der Waals surface area contributed by atoms with Crippen LogP contribution in [0.15, 0.2) is 18.3 Å². The monoisotopic (exact) mass is 331 g/mol. The summed E-state index contributed by atoms with van der Waals surface area (Å²) in [4.78, 5) is 18.7. The van der Waals surface area contributed by atoms with Gasteiger partial charge in [-0.05, 0) is 26.0 Å². The minimum Gasteiger partial charge on any atom is -0.478 e. The number of piperazine rings is 1. The maximum Gasteiger partial charge on any atom is 0.401 e. The molecular formula is C15H20F3N3O2. The standard InChI is InChI=1S/C15H20F3N3O2/c1-10-6-20(7-11(2)21(10)9-15(16,17)18)8-13-12(14(22)23)4-3-5-19-13/h3-5,10-11H,6-9H2,1-2H3,(H,22,23)/t10-,11+. The summed E-state index contributed by atoms with van der Waals surface area (Å²) in [5, 5.41) is 9.18. The second kappa shape index (κ2) is 6.84. The van der Waals surface area contributed by atoms with Crippen molar-refractivity contribution in [2.24, 2.45) is 0 Å². The van der Waals surface area contributed by atoms with Crippen LogP contribution in [0.4, 0.5) is 13.2 Å². The van der Waals surface area contributed by atoms with E-state index in [2.05, 4.69) is 4.98 Å². The molecule has 0 aromatic carbocycles. The molecule has 5 nitrogen and oxygen atoms in total. The predicted octanol–water partition coefficient (Wildman–Crippen LogP) is 2.24. The van der Waals surface area contributed by atoms with Gasteiger partial charge in [-0.25, -0.2) is 4.79 Å². The van der Waals surface area contributed by atoms with E-state index in [0.29, 0.717) is 25.3 Å². The number of carbonyl (C=O) groups is 1. The summed E-state index contributed by atoms with van der Waals surface area (Å²) in [7, 11) is 0. The van der Waals surface area contributed by atoms with E-state index in [-0.39, 0.29) is 17.6 Å². The van der Waals surface area contributed by atoms with Crippen molar-refractivity contribution in [2.45, 2.75) is 38.7 Å². The lowest BCUT2D eigenvalue weighted by molar-refractivity contribution is -0.162. The lowest BCUT2D eigenvalue weighted by Gasteiger charge is -2.44. The molecule has 1 fully saturated rings. The molecule has 1 aliphatic heterocycles. The number of hydrogen-bond donors (Lipinski definition) is 1. The number of alkyl halides is 3. The van der Waals surface area contributed by atoms with Crippen LogP contribution in [-0.2, 0) is 6.54 Å². The second-order valence-corrected chi connectivity index (χ2v) is 5.98. The fourth-order valence-corrected chi connectivity index (χ4v) is 3.08. The molecule has 0 saturated carbocycles. The van der Waals surface area contributed by atoms with Crippen LogP contribution >= 0.6 is 0 Å². The Morgan fingerprint density at radius 1 is 1.35 bits per heavy atom. The Morgan fingerprint density at radius 3 is 2.48 bits per heavy atom. The molecule has 2 rings (SSSR count). The van der Waals surface area contributed by atoms with Crippen LogP contribution < -0.4 is 0 Å². The van der Waals surface area contributed by atoms with Gasteiger partial charge >= 0.3 is 12.1 Å². The summed E-state index contributed by atoms with van der Waals surface area (Å²) in [5.41, 5.74) is 0.564. The maximum atomic E-state index is 12.6. The molecule has 1 aromatic heterocycles. The van der Waals surface area contributed by atoms with Crippen LogP contribution in [0.5, 0.6) is 0 Å². The summed E-state index contributed by atoms with van der Waals surface area (Å²) in [5.74, 6) is -1.05. The highest BCUT2D eigenvalue weighted by molar-refractivity contribution is 5.88. The third-order valence-electron chi connectivity index (χ3n) is 4.03. The van der Waals surface area contributed by atoms with E-state index >= 15 is 0 Å².